The van der Waals surface area contributed by atoms with Crippen LogP contribution in [0.4, 0.5) is 0 Å². The monoisotopic (exact) mass is 296 g/mol. The van der Waals surface area contributed by atoms with Gasteiger partial charge in [0.2, 0.25) is 0 Å². The molecule has 0 heterocycles. The summed E-state index contributed by atoms with van der Waals surface area (Å²) in [7, 11) is 0. The van der Waals surface area contributed by atoms with Crippen LogP contribution < -0.4 is 3.07 Å². The number of phenolic OH excluding ortho intramolecular Hbond substituents is 2. The van der Waals surface area contributed by atoms with Gasteiger partial charge in [-0.15, -0.1) is 0 Å². The van der Waals surface area contributed by atoms with Gasteiger partial charge in [-0.1, -0.05) is 0 Å². The van der Waals surface area contributed by atoms with Gasteiger partial charge in [0.25, 0.3) is 0 Å². The van der Waals surface area contributed by atoms with Gasteiger partial charge in [-0.25, -0.2) is 4.79 Å². The number of halogens is 1. The van der Waals surface area contributed by atoms with Crippen molar-refractivity contribution in [2.24, 2.45) is 0 Å². The fraction of sp³-hybridized carbons (Fsp3) is 0. The highest BCUT2D eigenvalue weighted by Crippen LogP contribution is 2.35. The Hall–Kier alpha value is -1.18. The molecule has 0 radical (unpaired) electrons. The summed E-state index contributed by atoms with van der Waals surface area (Å²) in [6.45, 7) is 0. The van der Waals surface area contributed by atoms with E-state index in [0.717, 1.165) is 12.1 Å². The minimum Gasteiger partial charge on any atom is -0.508 e. The highest BCUT2D eigenvalue weighted by atomic mass is 127. The first-order chi connectivity index (χ1) is 6.06. The second-order valence-electron chi connectivity index (χ2n) is 2.22. The Morgan fingerprint density at radius 1 is 1.38 bits per heavy atom. The van der Waals surface area contributed by atoms with E-state index in [1.54, 1.807) is 0 Å². The lowest BCUT2D eigenvalue weighted by Crippen LogP contribution is -1.98. The van der Waals surface area contributed by atoms with Gasteiger partial charge in [-0.05, 0) is 6.07 Å². The van der Waals surface area contributed by atoms with Crippen LogP contribution in [0.2, 0.25) is 0 Å². The van der Waals surface area contributed by atoms with E-state index in [-0.39, 0.29) is 17.1 Å². The van der Waals surface area contributed by atoms with Gasteiger partial charge in [0, 0.05) is 6.07 Å². The van der Waals surface area contributed by atoms with E-state index in [2.05, 4.69) is 3.07 Å². The van der Waals surface area contributed by atoms with Crippen molar-refractivity contribution in [2.75, 3.05) is 0 Å². The Kier molecular flexibility index (Phi) is 2.81. The van der Waals surface area contributed by atoms with Gasteiger partial charge >= 0.3 is 5.97 Å². The van der Waals surface area contributed by atoms with Crippen LogP contribution in [0.1, 0.15) is 10.4 Å². The van der Waals surface area contributed by atoms with Crippen molar-refractivity contribution in [2.45, 2.75) is 0 Å². The van der Waals surface area contributed by atoms with Crippen LogP contribution in [-0.4, -0.2) is 21.3 Å². The number of hydrogen-bond donors (Lipinski definition) is 3. The summed E-state index contributed by atoms with van der Waals surface area (Å²) in [5.74, 6) is -2.19. The Morgan fingerprint density at radius 2 is 2.00 bits per heavy atom. The number of rotatable bonds is 2. The van der Waals surface area contributed by atoms with E-state index < -0.39 is 11.7 Å². The Bertz CT molecular complexity index is 349. The van der Waals surface area contributed by atoms with Crippen molar-refractivity contribution < 1.29 is 23.2 Å². The molecule has 0 amide bonds. The number of benzene rings is 1. The van der Waals surface area contributed by atoms with E-state index in [4.69, 9.17) is 15.3 Å². The van der Waals surface area contributed by atoms with Gasteiger partial charge in [-0.2, -0.15) is 0 Å². The topological polar surface area (TPSA) is 87.0 Å². The van der Waals surface area contributed by atoms with Crippen LogP contribution in [-0.2, 0) is 0 Å². The third kappa shape index (κ3) is 1.94. The van der Waals surface area contributed by atoms with Crippen molar-refractivity contribution in [1.82, 2.24) is 0 Å². The normalized spacial score (nSPS) is 9.62. The van der Waals surface area contributed by atoms with Crippen LogP contribution >= 0.6 is 23.0 Å². The molecule has 70 valence electrons. The summed E-state index contributed by atoms with van der Waals surface area (Å²) < 4.78 is 4.62. The van der Waals surface area contributed by atoms with Crippen LogP contribution in [0, 0.1) is 0 Å². The number of carboxylic acids is 1. The third-order valence-electron chi connectivity index (χ3n) is 1.36. The molecule has 1 rings (SSSR count). The Morgan fingerprint density at radius 3 is 2.46 bits per heavy atom. The van der Waals surface area contributed by atoms with Gasteiger partial charge in [0.1, 0.15) is 11.3 Å². The molecule has 5 nitrogen and oxygen atoms in total. The molecular weight excluding hydrogens is 291 g/mol. The number of hydrogen-bond acceptors (Lipinski definition) is 4. The van der Waals surface area contributed by atoms with E-state index in [9.17, 15) is 4.79 Å². The first-order valence-corrected chi connectivity index (χ1v) is 4.02. The lowest BCUT2D eigenvalue weighted by atomic mass is 10.2. The van der Waals surface area contributed by atoms with Gasteiger partial charge < -0.3 is 18.4 Å². The highest BCUT2D eigenvalue weighted by molar-refractivity contribution is 14.1. The van der Waals surface area contributed by atoms with Crippen molar-refractivity contribution >= 4 is 29.0 Å². The molecule has 0 unspecified atom stereocenters. The first-order valence-electron chi connectivity index (χ1n) is 3.14. The molecule has 3 N–H and O–H groups in total. The maximum atomic E-state index is 10.6. The van der Waals surface area contributed by atoms with Crippen molar-refractivity contribution in [3.63, 3.8) is 0 Å². The van der Waals surface area contributed by atoms with E-state index in [1.165, 1.54) is 23.0 Å². The summed E-state index contributed by atoms with van der Waals surface area (Å²) in [6, 6.07) is 2.00. The molecule has 0 fully saturated rings. The van der Waals surface area contributed by atoms with Gasteiger partial charge in [-0.3, -0.25) is 0 Å². The molecule has 0 atom stereocenters. The van der Waals surface area contributed by atoms with Crippen LogP contribution in [0.3, 0.4) is 0 Å². The third-order valence-corrected chi connectivity index (χ3v) is 1.80. The number of carboxylic acid groups (broad SMARTS) is 1. The molecule has 0 saturated heterocycles. The summed E-state index contributed by atoms with van der Waals surface area (Å²) in [5, 5.41) is 26.8. The molecule has 1 aromatic carbocycles. The second kappa shape index (κ2) is 3.69. The van der Waals surface area contributed by atoms with E-state index in [1.807, 2.05) is 0 Å². The number of phenols is 2. The number of aromatic carboxylic acids is 1. The minimum absolute atomic E-state index is 0.175. The molecule has 0 bridgehead atoms. The Labute approximate surface area is 87.3 Å². The van der Waals surface area contributed by atoms with Crippen molar-refractivity contribution in [1.29, 1.82) is 0 Å². The molecule has 0 aliphatic rings. The fourth-order valence-corrected chi connectivity index (χ4v) is 1.30. The molecule has 0 saturated carbocycles. The summed E-state index contributed by atoms with van der Waals surface area (Å²) in [6.07, 6.45) is 0. The van der Waals surface area contributed by atoms with Crippen molar-refractivity contribution in [3.8, 4) is 17.2 Å². The molecule has 6 heteroatoms. The fourth-order valence-electron chi connectivity index (χ4n) is 0.839. The molecule has 0 aromatic heterocycles. The SMILES string of the molecule is O=C(O)c1cc(O)cc(O)c1OI. The van der Waals surface area contributed by atoms with Crippen molar-refractivity contribution in [3.05, 3.63) is 17.7 Å². The lowest BCUT2D eigenvalue weighted by molar-refractivity contribution is 0.0694. The summed E-state index contributed by atoms with van der Waals surface area (Å²) in [5.41, 5.74) is -0.285. The maximum absolute atomic E-state index is 10.6. The standard InChI is InChI=1S/C7H5IO5/c8-13-6-4(7(11)12)1-3(9)2-5(6)10/h1-2,9-10H,(H,11,12). The second-order valence-corrected chi connectivity index (χ2v) is 2.66. The zero-order valence-corrected chi connectivity index (χ0v) is 8.35. The minimum atomic E-state index is -1.28. The number of carbonyl (C=O) groups is 1. The lowest BCUT2D eigenvalue weighted by Gasteiger charge is -2.05. The first kappa shape index (κ1) is 9.90. The zero-order valence-electron chi connectivity index (χ0n) is 6.19. The Balaban J connectivity index is 3.38. The molecule has 0 spiro atoms. The number of aromatic hydroxyl groups is 2. The largest absolute Gasteiger partial charge is 0.508 e. The molecule has 0 aliphatic heterocycles. The molecule has 1 aromatic rings. The molecule has 13 heavy (non-hydrogen) atoms. The van der Waals surface area contributed by atoms with Crippen LogP contribution in [0.25, 0.3) is 0 Å². The van der Waals surface area contributed by atoms with E-state index in [0.29, 0.717) is 0 Å². The quantitative estimate of drug-likeness (QED) is 0.720. The molecule has 0 aliphatic carbocycles. The van der Waals surface area contributed by atoms with Gasteiger partial charge in [0.05, 0.1) is 0 Å². The predicted octanol–water partition coefficient (Wildman–Crippen LogP) is 1.52. The highest BCUT2D eigenvalue weighted by Gasteiger charge is 2.16. The van der Waals surface area contributed by atoms with Crippen LogP contribution in [0.15, 0.2) is 12.1 Å². The van der Waals surface area contributed by atoms with E-state index >= 15 is 0 Å². The summed E-state index contributed by atoms with van der Waals surface area (Å²) in [4.78, 5) is 10.6. The smallest absolute Gasteiger partial charge is 0.339 e. The predicted molar refractivity (Wildman–Crippen MR) is 51.4 cm³/mol. The molecular formula is C7H5IO5. The maximum Gasteiger partial charge on any atom is 0.339 e. The zero-order chi connectivity index (χ0) is 10.0. The average molecular weight is 296 g/mol. The van der Waals surface area contributed by atoms with Crippen LogP contribution in [0.5, 0.6) is 17.2 Å². The average Bonchev–Trinajstić information content (AvgIpc) is 2.02. The summed E-state index contributed by atoms with van der Waals surface area (Å²) >= 11 is 1.44. The van der Waals surface area contributed by atoms with Gasteiger partial charge in [0.15, 0.2) is 34.5 Å².